The SMILES string of the molecule is COC1(OC)CC[C@H](NC(=O)OCc2ccccc2)[C@H](NC(=O)O)C1. The molecule has 8 heteroatoms. The molecule has 0 heterocycles. The van der Waals surface area contributed by atoms with Crippen molar-refractivity contribution in [2.45, 2.75) is 43.7 Å². The van der Waals surface area contributed by atoms with Crippen LogP contribution in [0.1, 0.15) is 24.8 Å². The van der Waals surface area contributed by atoms with Crippen LogP contribution in [0.15, 0.2) is 30.3 Å². The monoisotopic (exact) mass is 352 g/mol. The first kappa shape index (κ1) is 19.0. The van der Waals surface area contributed by atoms with Crippen molar-refractivity contribution in [3.05, 3.63) is 35.9 Å². The smallest absolute Gasteiger partial charge is 0.407 e. The Kier molecular flexibility index (Phi) is 6.60. The number of ether oxygens (including phenoxy) is 3. The third-order valence-electron chi connectivity index (χ3n) is 4.42. The highest BCUT2D eigenvalue weighted by molar-refractivity contribution is 5.68. The number of hydrogen-bond donors (Lipinski definition) is 3. The van der Waals surface area contributed by atoms with Gasteiger partial charge in [-0.05, 0) is 12.0 Å². The Hall–Kier alpha value is -2.32. The number of alkyl carbamates (subject to hydrolysis) is 1. The highest BCUT2D eigenvalue weighted by atomic mass is 16.7. The number of carboxylic acid groups (broad SMARTS) is 1. The van der Waals surface area contributed by atoms with Crippen molar-refractivity contribution in [1.29, 1.82) is 0 Å². The van der Waals surface area contributed by atoms with E-state index in [-0.39, 0.29) is 13.0 Å². The summed E-state index contributed by atoms with van der Waals surface area (Å²) in [5.74, 6) is -0.862. The van der Waals surface area contributed by atoms with Crippen LogP contribution in [0.5, 0.6) is 0 Å². The van der Waals surface area contributed by atoms with Gasteiger partial charge in [0, 0.05) is 27.1 Å². The standard InChI is InChI=1S/C17H24N2O6/c1-23-17(24-2)9-8-13(14(10-17)18-15(20)21)19-16(22)25-11-12-6-4-3-5-7-12/h3-7,13-14,18H,8-11H2,1-2H3,(H,19,22)(H,20,21)/t13-,14+/m0/s1. The predicted octanol–water partition coefficient (Wildman–Crippen LogP) is 2.09. The Bertz CT molecular complexity index is 576. The molecule has 0 radical (unpaired) electrons. The highest BCUT2D eigenvalue weighted by Crippen LogP contribution is 2.32. The highest BCUT2D eigenvalue weighted by Gasteiger charge is 2.42. The first-order valence-corrected chi connectivity index (χ1v) is 8.05. The average Bonchev–Trinajstić information content (AvgIpc) is 2.62. The van der Waals surface area contributed by atoms with Crippen molar-refractivity contribution in [1.82, 2.24) is 10.6 Å². The number of benzene rings is 1. The molecule has 0 bridgehead atoms. The van der Waals surface area contributed by atoms with Gasteiger partial charge in [0.1, 0.15) is 6.61 Å². The summed E-state index contributed by atoms with van der Waals surface area (Å²) >= 11 is 0. The summed E-state index contributed by atoms with van der Waals surface area (Å²) in [6, 6.07) is 8.36. The molecule has 2 atom stereocenters. The largest absolute Gasteiger partial charge is 0.465 e. The van der Waals surface area contributed by atoms with E-state index in [0.717, 1.165) is 5.56 Å². The molecule has 1 aliphatic carbocycles. The Balaban J connectivity index is 1.94. The summed E-state index contributed by atoms with van der Waals surface area (Å²) in [5.41, 5.74) is 0.874. The van der Waals surface area contributed by atoms with E-state index < -0.39 is 30.1 Å². The van der Waals surface area contributed by atoms with Crippen molar-refractivity contribution in [3.8, 4) is 0 Å². The maximum atomic E-state index is 12.0. The van der Waals surface area contributed by atoms with Gasteiger partial charge in [0.05, 0.1) is 12.1 Å². The van der Waals surface area contributed by atoms with E-state index in [1.54, 1.807) is 0 Å². The summed E-state index contributed by atoms with van der Waals surface area (Å²) in [4.78, 5) is 23.1. The molecular formula is C17H24N2O6. The summed E-state index contributed by atoms with van der Waals surface area (Å²) in [5, 5.41) is 14.2. The molecule has 0 unspecified atom stereocenters. The second kappa shape index (κ2) is 8.68. The number of methoxy groups -OCH3 is 2. The molecule has 3 N–H and O–H groups in total. The molecular weight excluding hydrogens is 328 g/mol. The van der Waals surface area contributed by atoms with Crippen LogP contribution in [0.25, 0.3) is 0 Å². The molecule has 25 heavy (non-hydrogen) atoms. The van der Waals surface area contributed by atoms with Gasteiger partial charge in [0.2, 0.25) is 0 Å². The van der Waals surface area contributed by atoms with Gasteiger partial charge in [0.15, 0.2) is 5.79 Å². The lowest BCUT2D eigenvalue weighted by molar-refractivity contribution is -0.228. The lowest BCUT2D eigenvalue weighted by Crippen LogP contribution is -2.59. The van der Waals surface area contributed by atoms with Crippen LogP contribution < -0.4 is 10.6 Å². The van der Waals surface area contributed by atoms with Gasteiger partial charge < -0.3 is 30.0 Å². The summed E-state index contributed by atoms with van der Waals surface area (Å²) < 4.78 is 16.0. The van der Waals surface area contributed by atoms with Gasteiger partial charge in [-0.3, -0.25) is 0 Å². The lowest BCUT2D eigenvalue weighted by Gasteiger charge is -2.42. The van der Waals surface area contributed by atoms with Gasteiger partial charge in [-0.1, -0.05) is 30.3 Å². The Morgan fingerprint density at radius 3 is 2.44 bits per heavy atom. The fourth-order valence-corrected chi connectivity index (χ4v) is 3.01. The summed E-state index contributed by atoms with van der Waals surface area (Å²) in [6.45, 7) is 0.149. The van der Waals surface area contributed by atoms with E-state index in [1.165, 1.54) is 14.2 Å². The van der Waals surface area contributed by atoms with Crippen LogP contribution in [0.3, 0.4) is 0 Å². The minimum Gasteiger partial charge on any atom is -0.465 e. The topological polar surface area (TPSA) is 106 Å². The van der Waals surface area contributed by atoms with Gasteiger partial charge in [-0.25, -0.2) is 9.59 Å². The maximum Gasteiger partial charge on any atom is 0.407 e. The molecule has 0 aromatic heterocycles. The third kappa shape index (κ3) is 5.33. The Labute approximate surface area is 146 Å². The Morgan fingerprint density at radius 1 is 1.16 bits per heavy atom. The van der Waals surface area contributed by atoms with Crippen molar-refractivity contribution in [2.75, 3.05) is 14.2 Å². The molecule has 1 aliphatic rings. The van der Waals surface area contributed by atoms with Crippen LogP contribution in [-0.2, 0) is 20.8 Å². The van der Waals surface area contributed by atoms with E-state index >= 15 is 0 Å². The van der Waals surface area contributed by atoms with E-state index in [0.29, 0.717) is 12.8 Å². The number of rotatable bonds is 6. The minimum atomic E-state index is -1.17. The molecule has 138 valence electrons. The van der Waals surface area contributed by atoms with Crippen molar-refractivity contribution < 1.29 is 28.9 Å². The molecule has 1 fully saturated rings. The molecule has 1 aromatic rings. The molecule has 0 aliphatic heterocycles. The second-order valence-corrected chi connectivity index (χ2v) is 5.93. The summed E-state index contributed by atoms with van der Waals surface area (Å²) in [6.07, 6.45) is -0.449. The van der Waals surface area contributed by atoms with Crippen LogP contribution in [0.4, 0.5) is 9.59 Å². The van der Waals surface area contributed by atoms with Crippen LogP contribution in [0.2, 0.25) is 0 Å². The number of carbonyl (C=O) groups is 2. The van der Waals surface area contributed by atoms with E-state index in [2.05, 4.69) is 10.6 Å². The zero-order valence-corrected chi connectivity index (χ0v) is 14.4. The molecule has 0 saturated heterocycles. The average molecular weight is 352 g/mol. The van der Waals surface area contributed by atoms with Crippen LogP contribution >= 0.6 is 0 Å². The quantitative estimate of drug-likeness (QED) is 0.677. The van der Waals surface area contributed by atoms with Gasteiger partial charge in [0.25, 0.3) is 0 Å². The maximum absolute atomic E-state index is 12.0. The fourth-order valence-electron chi connectivity index (χ4n) is 3.01. The molecule has 8 nitrogen and oxygen atoms in total. The van der Waals surface area contributed by atoms with E-state index in [1.807, 2.05) is 30.3 Å². The Morgan fingerprint density at radius 2 is 1.84 bits per heavy atom. The molecule has 2 rings (SSSR count). The van der Waals surface area contributed by atoms with Crippen LogP contribution in [-0.4, -0.2) is 49.4 Å². The van der Waals surface area contributed by atoms with Crippen molar-refractivity contribution in [2.24, 2.45) is 0 Å². The third-order valence-corrected chi connectivity index (χ3v) is 4.42. The number of hydrogen-bond acceptors (Lipinski definition) is 5. The molecule has 2 amide bonds. The fraction of sp³-hybridized carbons (Fsp3) is 0.529. The van der Waals surface area contributed by atoms with E-state index in [9.17, 15) is 9.59 Å². The zero-order valence-electron chi connectivity index (χ0n) is 14.4. The molecule has 1 aromatic carbocycles. The number of carbonyl (C=O) groups excluding carboxylic acids is 1. The van der Waals surface area contributed by atoms with Crippen LogP contribution in [0, 0.1) is 0 Å². The summed E-state index contributed by atoms with van der Waals surface area (Å²) in [7, 11) is 3.03. The minimum absolute atomic E-state index is 0.149. The predicted molar refractivity (Wildman–Crippen MR) is 89.1 cm³/mol. The first-order chi connectivity index (χ1) is 12.0. The van der Waals surface area contributed by atoms with E-state index in [4.69, 9.17) is 19.3 Å². The lowest BCUT2D eigenvalue weighted by atomic mass is 9.85. The molecule has 1 saturated carbocycles. The zero-order chi connectivity index (χ0) is 18.3. The first-order valence-electron chi connectivity index (χ1n) is 8.05. The number of amides is 2. The van der Waals surface area contributed by atoms with Crippen molar-refractivity contribution in [3.63, 3.8) is 0 Å². The normalized spacial score (nSPS) is 22.0. The van der Waals surface area contributed by atoms with Gasteiger partial charge >= 0.3 is 12.2 Å². The second-order valence-electron chi connectivity index (χ2n) is 5.93. The van der Waals surface area contributed by atoms with Gasteiger partial charge in [-0.2, -0.15) is 0 Å². The number of nitrogens with one attached hydrogen (secondary N) is 2. The molecule has 0 spiro atoms. The van der Waals surface area contributed by atoms with Crippen molar-refractivity contribution >= 4 is 12.2 Å². The van der Waals surface area contributed by atoms with Gasteiger partial charge in [-0.15, -0.1) is 0 Å².